The Morgan fingerprint density at radius 2 is 1.10 bits per heavy atom. The molecule has 0 heterocycles. The van der Waals surface area contributed by atoms with Gasteiger partial charge >= 0.3 is 0 Å². The van der Waals surface area contributed by atoms with E-state index in [9.17, 15) is 10.2 Å². The van der Waals surface area contributed by atoms with Crippen molar-refractivity contribution in [2.24, 2.45) is 0 Å². The summed E-state index contributed by atoms with van der Waals surface area (Å²) in [4.78, 5) is 1.63. The third-order valence-electron chi connectivity index (χ3n) is 3.75. The molecule has 2 atom stereocenters. The maximum atomic E-state index is 9.99. The van der Waals surface area contributed by atoms with E-state index in [0.717, 1.165) is 5.69 Å². The van der Waals surface area contributed by atoms with E-state index in [-0.39, 0.29) is 10.8 Å². The number of nitrogens with zero attached hydrogens (tertiary/aromatic N) is 1. The van der Waals surface area contributed by atoms with Gasteiger partial charge in [0, 0.05) is 5.69 Å². The Balaban J connectivity index is 3.51. The smallest absolute Gasteiger partial charge is 0.126 e. The van der Waals surface area contributed by atoms with Crippen LogP contribution in [0.4, 0.5) is 5.69 Å². The first-order valence-corrected chi connectivity index (χ1v) is 7.64. The third kappa shape index (κ3) is 4.45. The summed E-state index contributed by atoms with van der Waals surface area (Å²) in [5, 5.41) is 20.0. The number of rotatable bonds is 3. The number of hydrogen-bond acceptors (Lipinski definition) is 3. The zero-order valence-electron chi connectivity index (χ0n) is 14.7. The second kappa shape index (κ2) is 5.98. The highest BCUT2D eigenvalue weighted by atomic mass is 16.3. The van der Waals surface area contributed by atoms with Gasteiger partial charge < -0.3 is 15.1 Å². The molecule has 1 aromatic carbocycles. The Morgan fingerprint density at radius 3 is 1.33 bits per heavy atom. The van der Waals surface area contributed by atoms with E-state index in [1.807, 2.05) is 0 Å². The van der Waals surface area contributed by atoms with E-state index in [2.05, 4.69) is 59.7 Å². The van der Waals surface area contributed by atoms with Crippen LogP contribution in [0.5, 0.6) is 0 Å². The second-order valence-corrected chi connectivity index (χ2v) is 7.94. The molecule has 1 rings (SSSR count). The van der Waals surface area contributed by atoms with Gasteiger partial charge in [-0.05, 0) is 47.9 Å². The van der Waals surface area contributed by atoms with Crippen LogP contribution >= 0.6 is 0 Å². The molecule has 3 heteroatoms. The van der Waals surface area contributed by atoms with Crippen LogP contribution in [-0.4, -0.2) is 22.7 Å². The highest BCUT2D eigenvalue weighted by molar-refractivity contribution is 5.54. The van der Waals surface area contributed by atoms with E-state index in [1.54, 1.807) is 18.7 Å². The molecule has 0 bridgehead atoms. The second-order valence-electron chi connectivity index (χ2n) is 7.94. The van der Waals surface area contributed by atoms with Gasteiger partial charge in [-0.1, -0.05) is 47.6 Å². The van der Waals surface area contributed by atoms with E-state index in [0.29, 0.717) is 0 Å². The predicted molar refractivity (Wildman–Crippen MR) is 89.7 cm³/mol. The van der Waals surface area contributed by atoms with Crippen LogP contribution < -0.4 is 4.90 Å². The highest BCUT2D eigenvalue weighted by Crippen LogP contribution is 2.34. The monoisotopic (exact) mass is 293 g/mol. The van der Waals surface area contributed by atoms with Gasteiger partial charge in [-0.25, -0.2) is 0 Å². The molecule has 2 N–H and O–H groups in total. The lowest BCUT2D eigenvalue weighted by atomic mass is 9.80. The van der Waals surface area contributed by atoms with Crippen molar-refractivity contribution in [1.82, 2.24) is 0 Å². The van der Waals surface area contributed by atoms with Crippen molar-refractivity contribution in [2.45, 2.75) is 78.7 Å². The molecule has 0 amide bonds. The molecule has 0 saturated carbocycles. The lowest BCUT2D eigenvalue weighted by molar-refractivity contribution is 0.105. The van der Waals surface area contributed by atoms with Crippen LogP contribution in [0.15, 0.2) is 18.2 Å². The molecule has 1 aromatic rings. The zero-order chi connectivity index (χ0) is 16.6. The van der Waals surface area contributed by atoms with Crippen molar-refractivity contribution < 1.29 is 10.2 Å². The zero-order valence-corrected chi connectivity index (χ0v) is 14.7. The average molecular weight is 293 g/mol. The van der Waals surface area contributed by atoms with E-state index < -0.39 is 12.5 Å². The summed E-state index contributed by atoms with van der Waals surface area (Å²) in [7, 11) is 0. The lowest BCUT2D eigenvalue weighted by Crippen LogP contribution is -2.40. The summed E-state index contributed by atoms with van der Waals surface area (Å²) in [6, 6.07) is 6.36. The maximum Gasteiger partial charge on any atom is 0.126 e. The van der Waals surface area contributed by atoms with Crippen LogP contribution in [0, 0.1) is 0 Å². The Kier molecular flexibility index (Phi) is 5.12. The van der Waals surface area contributed by atoms with Crippen LogP contribution in [0.2, 0.25) is 0 Å². The number of hydrogen-bond donors (Lipinski definition) is 2. The first-order valence-electron chi connectivity index (χ1n) is 7.64. The minimum Gasteiger partial charge on any atom is -0.374 e. The number of aliphatic hydroxyl groups excluding tert-OH is 2. The van der Waals surface area contributed by atoms with Crippen molar-refractivity contribution in [3.05, 3.63) is 29.3 Å². The molecule has 0 aliphatic carbocycles. The van der Waals surface area contributed by atoms with Crippen LogP contribution in [0.3, 0.4) is 0 Å². The van der Waals surface area contributed by atoms with E-state index in [4.69, 9.17) is 0 Å². The van der Waals surface area contributed by atoms with E-state index in [1.165, 1.54) is 11.1 Å². The van der Waals surface area contributed by atoms with Crippen LogP contribution in [0.1, 0.15) is 66.5 Å². The molecule has 0 fully saturated rings. The first kappa shape index (κ1) is 18.0. The predicted octanol–water partition coefficient (Wildman–Crippen LogP) is 3.76. The van der Waals surface area contributed by atoms with Crippen molar-refractivity contribution in [2.75, 3.05) is 4.90 Å². The molecule has 3 nitrogen and oxygen atoms in total. The third-order valence-corrected chi connectivity index (χ3v) is 3.75. The Hall–Kier alpha value is -1.06. The van der Waals surface area contributed by atoms with Crippen molar-refractivity contribution >= 4 is 5.69 Å². The van der Waals surface area contributed by atoms with Gasteiger partial charge in [-0.15, -0.1) is 0 Å². The van der Waals surface area contributed by atoms with Crippen LogP contribution in [0.25, 0.3) is 0 Å². The van der Waals surface area contributed by atoms with Gasteiger partial charge in [-0.2, -0.15) is 0 Å². The molecule has 0 aromatic heterocycles. The SMILES string of the molecule is CC(O)N(c1cc(C(C)(C)C)cc(C(C)(C)C)c1)C(C)O. The fourth-order valence-electron chi connectivity index (χ4n) is 2.37. The van der Waals surface area contributed by atoms with Gasteiger partial charge in [0.15, 0.2) is 0 Å². The summed E-state index contributed by atoms with van der Waals surface area (Å²) in [5.41, 5.74) is 3.29. The van der Waals surface area contributed by atoms with Crippen LogP contribution in [-0.2, 0) is 10.8 Å². The molecule has 0 aliphatic rings. The van der Waals surface area contributed by atoms with Gasteiger partial charge in [0.25, 0.3) is 0 Å². The van der Waals surface area contributed by atoms with Crippen molar-refractivity contribution in [1.29, 1.82) is 0 Å². The maximum absolute atomic E-state index is 9.99. The molecule has 2 unspecified atom stereocenters. The Labute approximate surface area is 129 Å². The molecule has 0 saturated heterocycles. The summed E-state index contributed by atoms with van der Waals surface area (Å²) in [6.45, 7) is 16.4. The minimum atomic E-state index is -0.743. The Bertz CT molecular complexity index is 439. The minimum absolute atomic E-state index is 0.0130. The molecular weight excluding hydrogens is 262 g/mol. The number of aliphatic hydroxyl groups is 2. The van der Waals surface area contributed by atoms with Crippen molar-refractivity contribution in [3.8, 4) is 0 Å². The summed E-state index contributed by atoms with van der Waals surface area (Å²) < 4.78 is 0. The van der Waals surface area contributed by atoms with Gasteiger partial charge in [-0.3, -0.25) is 0 Å². The normalized spacial score (nSPS) is 15.7. The van der Waals surface area contributed by atoms with E-state index >= 15 is 0 Å². The highest BCUT2D eigenvalue weighted by Gasteiger charge is 2.24. The molecule has 21 heavy (non-hydrogen) atoms. The average Bonchev–Trinajstić information content (AvgIpc) is 2.25. The molecule has 0 spiro atoms. The fourth-order valence-corrected chi connectivity index (χ4v) is 2.37. The van der Waals surface area contributed by atoms with Crippen molar-refractivity contribution in [3.63, 3.8) is 0 Å². The van der Waals surface area contributed by atoms with Gasteiger partial charge in [0.1, 0.15) is 12.5 Å². The molecule has 120 valence electrons. The van der Waals surface area contributed by atoms with Gasteiger partial charge in [0.05, 0.1) is 0 Å². The molecular formula is C18H31NO2. The summed E-state index contributed by atoms with van der Waals surface area (Å²) >= 11 is 0. The molecule has 0 aliphatic heterocycles. The summed E-state index contributed by atoms with van der Waals surface area (Å²) in [6.07, 6.45) is -1.49. The first-order chi connectivity index (χ1) is 9.34. The van der Waals surface area contributed by atoms with Gasteiger partial charge in [0.2, 0.25) is 0 Å². The largest absolute Gasteiger partial charge is 0.374 e. The molecule has 0 radical (unpaired) electrons. The Morgan fingerprint density at radius 1 is 0.762 bits per heavy atom. The number of anilines is 1. The topological polar surface area (TPSA) is 43.7 Å². The standard InChI is InChI=1S/C18H31NO2/c1-12(20)19(13(2)21)16-10-14(17(3,4)5)9-15(11-16)18(6,7)8/h9-13,20-21H,1-8H3. The summed E-state index contributed by atoms with van der Waals surface area (Å²) in [5.74, 6) is 0. The quantitative estimate of drug-likeness (QED) is 0.834. The number of benzene rings is 1. The fraction of sp³-hybridized carbons (Fsp3) is 0.667. The lowest BCUT2D eigenvalue weighted by Gasteiger charge is -2.34.